The molecule has 0 atom stereocenters. The van der Waals surface area contributed by atoms with Crippen molar-refractivity contribution < 1.29 is 19.7 Å². The number of aromatic nitrogens is 1. The Morgan fingerprint density at radius 2 is 2.06 bits per heavy atom. The van der Waals surface area contributed by atoms with Crippen LogP contribution in [-0.4, -0.2) is 26.5 Å². The highest BCUT2D eigenvalue weighted by atomic mass is 16.6. The molecule has 0 unspecified atom stereocenters. The first-order valence-corrected chi connectivity index (χ1v) is 4.13. The standard InChI is InChI=1S/C7H7N3O6/c1-2-16-7-6(11)4(9(12)13)3-5(8-7)10(14)15/h3,11H,2H2,1H3. The molecule has 86 valence electrons. The number of hydrogen-bond donors (Lipinski definition) is 1. The molecule has 16 heavy (non-hydrogen) atoms. The first-order valence-electron chi connectivity index (χ1n) is 4.13. The van der Waals surface area contributed by atoms with E-state index in [0.29, 0.717) is 6.07 Å². The van der Waals surface area contributed by atoms with Crippen molar-refractivity contribution in [3.8, 4) is 11.6 Å². The fraction of sp³-hybridized carbons (Fsp3) is 0.286. The highest BCUT2D eigenvalue weighted by molar-refractivity contribution is 5.55. The topological polar surface area (TPSA) is 129 Å². The second-order valence-electron chi connectivity index (χ2n) is 2.60. The quantitative estimate of drug-likeness (QED) is 0.602. The summed E-state index contributed by atoms with van der Waals surface area (Å²) in [6.45, 7) is 1.62. The number of pyridine rings is 1. The Morgan fingerprint density at radius 3 is 2.50 bits per heavy atom. The molecule has 0 aliphatic carbocycles. The minimum Gasteiger partial charge on any atom is -0.497 e. The number of hydrogen-bond acceptors (Lipinski definition) is 7. The molecule has 1 aromatic heterocycles. The van der Waals surface area contributed by atoms with Gasteiger partial charge in [0.15, 0.2) is 0 Å². The second kappa shape index (κ2) is 4.38. The molecule has 1 N–H and O–H groups in total. The van der Waals surface area contributed by atoms with E-state index in [0.717, 1.165) is 0 Å². The zero-order valence-corrected chi connectivity index (χ0v) is 8.11. The lowest BCUT2D eigenvalue weighted by Crippen LogP contribution is -2.01. The third kappa shape index (κ3) is 2.13. The van der Waals surface area contributed by atoms with Gasteiger partial charge in [0.25, 0.3) is 5.75 Å². The van der Waals surface area contributed by atoms with E-state index in [9.17, 15) is 25.3 Å². The fourth-order valence-electron chi connectivity index (χ4n) is 0.960. The van der Waals surface area contributed by atoms with Crippen LogP contribution in [0.1, 0.15) is 6.92 Å². The molecule has 1 aromatic rings. The van der Waals surface area contributed by atoms with E-state index < -0.39 is 33.0 Å². The van der Waals surface area contributed by atoms with Gasteiger partial charge in [-0.15, -0.1) is 0 Å². The highest BCUT2D eigenvalue weighted by Crippen LogP contribution is 2.36. The number of nitro groups is 2. The molecule has 0 fully saturated rings. The lowest BCUT2D eigenvalue weighted by atomic mass is 10.3. The highest BCUT2D eigenvalue weighted by Gasteiger charge is 2.28. The van der Waals surface area contributed by atoms with Crippen LogP contribution in [0.2, 0.25) is 0 Å². The molecule has 0 spiro atoms. The summed E-state index contributed by atoms with van der Waals surface area (Å²) in [5.41, 5.74) is -0.815. The molecule has 0 bridgehead atoms. The van der Waals surface area contributed by atoms with Crippen LogP contribution < -0.4 is 4.74 Å². The van der Waals surface area contributed by atoms with E-state index in [1.54, 1.807) is 6.92 Å². The van der Waals surface area contributed by atoms with Gasteiger partial charge in [-0.1, -0.05) is 0 Å². The second-order valence-corrected chi connectivity index (χ2v) is 2.60. The Morgan fingerprint density at radius 1 is 1.44 bits per heavy atom. The zero-order chi connectivity index (χ0) is 12.3. The van der Waals surface area contributed by atoms with E-state index >= 15 is 0 Å². The molecule has 9 nitrogen and oxygen atoms in total. The smallest absolute Gasteiger partial charge is 0.378 e. The van der Waals surface area contributed by atoms with Gasteiger partial charge in [-0.05, 0) is 11.8 Å². The molecule has 0 amide bonds. The number of rotatable bonds is 4. The van der Waals surface area contributed by atoms with Gasteiger partial charge in [0.1, 0.15) is 6.07 Å². The average molecular weight is 229 g/mol. The summed E-state index contributed by atoms with van der Waals surface area (Å²) in [5, 5.41) is 30.3. The molecule has 9 heteroatoms. The van der Waals surface area contributed by atoms with Gasteiger partial charge in [-0.25, -0.2) is 0 Å². The average Bonchev–Trinajstić information content (AvgIpc) is 2.20. The summed E-state index contributed by atoms with van der Waals surface area (Å²) in [7, 11) is 0. The largest absolute Gasteiger partial charge is 0.497 e. The molecular weight excluding hydrogens is 222 g/mol. The summed E-state index contributed by atoms with van der Waals surface area (Å²) in [4.78, 5) is 22.4. The van der Waals surface area contributed by atoms with Crippen molar-refractivity contribution in [3.63, 3.8) is 0 Å². The molecule has 1 rings (SSSR count). The first-order chi connectivity index (χ1) is 7.47. The Kier molecular flexibility index (Phi) is 3.18. The fourth-order valence-corrected chi connectivity index (χ4v) is 0.960. The van der Waals surface area contributed by atoms with Crippen LogP contribution in [0.25, 0.3) is 0 Å². The van der Waals surface area contributed by atoms with Crippen molar-refractivity contribution in [2.24, 2.45) is 0 Å². The molecule has 0 saturated heterocycles. The van der Waals surface area contributed by atoms with Gasteiger partial charge in [-0.2, -0.15) is 0 Å². The van der Waals surface area contributed by atoms with Crippen LogP contribution in [0, 0.1) is 20.2 Å². The van der Waals surface area contributed by atoms with Gasteiger partial charge < -0.3 is 20.0 Å². The van der Waals surface area contributed by atoms with Crippen LogP contribution in [0.4, 0.5) is 11.5 Å². The maximum Gasteiger partial charge on any atom is 0.378 e. The van der Waals surface area contributed by atoms with Crippen molar-refractivity contribution in [3.05, 3.63) is 26.3 Å². The number of nitrogens with zero attached hydrogens (tertiary/aromatic N) is 3. The lowest BCUT2D eigenvalue weighted by molar-refractivity contribution is -0.397. The third-order valence-electron chi connectivity index (χ3n) is 1.59. The Hall–Kier alpha value is -2.45. The minimum absolute atomic E-state index is 0.0683. The molecule has 0 saturated carbocycles. The predicted octanol–water partition coefficient (Wildman–Crippen LogP) is 1.00. The van der Waals surface area contributed by atoms with E-state index in [1.807, 2.05) is 0 Å². The van der Waals surface area contributed by atoms with Crippen molar-refractivity contribution in [1.82, 2.24) is 4.98 Å². The van der Waals surface area contributed by atoms with Crippen molar-refractivity contribution in [2.45, 2.75) is 6.92 Å². The molecule has 0 radical (unpaired) electrons. The van der Waals surface area contributed by atoms with Gasteiger partial charge in [-0.3, -0.25) is 10.1 Å². The summed E-state index contributed by atoms with van der Waals surface area (Å²) < 4.78 is 4.75. The van der Waals surface area contributed by atoms with Gasteiger partial charge in [0, 0.05) is 4.98 Å². The molecule has 0 aliphatic rings. The van der Waals surface area contributed by atoms with Crippen molar-refractivity contribution in [2.75, 3.05) is 6.61 Å². The van der Waals surface area contributed by atoms with Crippen molar-refractivity contribution in [1.29, 1.82) is 0 Å². The minimum atomic E-state index is -0.952. The monoisotopic (exact) mass is 229 g/mol. The third-order valence-corrected chi connectivity index (χ3v) is 1.59. The van der Waals surface area contributed by atoms with Gasteiger partial charge in [0.2, 0.25) is 0 Å². The zero-order valence-electron chi connectivity index (χ0n) is 8.11. The van der Waals surface area contributed by atoms with E-state index in [2.05, 4.69) is 4.98 Å². The van der Waals surface area contributed by atoms with Crippen LogP contribution >= 0.6 is 0 Å². The van der Waals surface area contributed by atoms with E-state index in [-0.39, 0.29) is 6.61 Å². The molecular formula is C7H7N3O6. The van der Waals surface area contributed by atoms with Crippen LogP contribution in [0.15, 0.2) is 6.07 Å². The number of ether oxygens (including phenoxy) is 1. The van der Waals surface area contributed by atoms with Crippen LogP contribution in [0.5, 0.6) is 11.6 Å². The normalized spacial score (nSPS) is 9.81. The van der Waals surface area contributed by atoms with E-state index in [1.165, 1.54) is 0 Å². The summed E-state index contributed by atoms with van der Waals surface area (Å²) >= 11 is 0. The van der Waals surface area contributed by atoms with Crippen LogP contribution in [0.3, 0.4) is 0 Å². The predicted molar refractivity (Wildman–Crippen MR) is 50.4 cm³/mol. The first kappa shape index (κ1) is 11.6. The van der Waals surface area contributed by atoms with Crippen molar-refractivity contribution >= 4 is 11.5 Å². The number of aromatic hydroxyl groups is 1. The Balaban J connectivity index is 3.38. The summed E-state index contributed by atoms with van der Waals surface area (Å²) in [6.07, 6.45) is 0. The maximum absolute atomic E-state index is 10.5. The maximum atomic E-state index is 10.5. The summed E-state index contributed by atoms with van der Waals surface area (Å²) in [5.74, 6) is -2.10. The van der Waals surface area contributed by atoms with Crippen LogP contribution in [-0.2, 0) is 0 Å². The van der Waals surface area contributed by atoms with E-state index in [4.69, 9.17) is 4.74 Å². The SMILES string of the molecule is CCOc1nc([N+](=O)[O-])cc([N+](=O)[O-])c1O. The Labute approximate surface area is 88.6 Å². The van der Waals surface area contributed by atoms with Gasteiger partial charge >= 0.3 is 17.4 Å². The molecule has 0 aromatic carbocycles. The molecule has 1 heterocycles. The van der Waals surface area contributed by atoms with Gasteiger partial charge in [0.05, 0.1) is 11.5 Å². The lowest BCUT2D eigenvalue weighted by Gasteiger charge is -2.01. The molecule has 0 aliphatic heterocycles. The Bertz CT molecular complexity index is 446. The summed E-state index contributed by atoms with van der Waals surface area (Å²) in [6, 6.07) is 0.567.